The number of sulfonamides is 1. The number of hydrogen-bond acceptors (Lipinski definition) is 3. The van der Waals surface area contributed by atoms with Crippen molar-refractivity contribution in [2.24, 2.45) is 5.92 Å². The summed E-state index contributed by atoms with van der Waals surface area (Å²) in [7, 11) is -3.08. The smallest absolute Gasteiger partial charge is 0.214 e. The summed E-state index contributed by atoms with van der Waals surface area (Å²) in [6.07, 6.45) is 3.56. The summed E-state index contributed by atoms with van der Waals surface area (Å²) in [4.78, 5) is 11.5. The van der Waals surface area contributed by atoms with Crippen molar-refractivity contribution in [3.63, 3.8) is 0 Å². The maximum absolute atomic E-state index is 11.9. The summed E-state index contributed by atoms with van der Waals surface area (Å²) in [5, 5.41) is 0. The van der Waals surface area contributed by atoms with Crippen molar-refractivity contribution in [3.05, 3.63) is 0 Å². The van der Waals surface area contributed by atoms with Gasteiger partial charge in [0.2, 0.25) is 10.0 Å². The number of carbonyl (C=O) groups is 1. The minimum Gasteiger partial charge on any atom is -0.299 e. The molecule has 0 aromatic rings. The molecule has 0 aromatic carbocycles. The Kier molecular flexibility index (Phi) is 5.59. The molecular formula is C12H23NO3S. The van der Waals surface area contributed by atoms with Crippen LogP contribution in [-0.4, -0.2) is 37.3 Å². The third-order valence-corrected chi connectivity index (χ3v) is 5.36. The summed E-state index contributed by atoms with van der Waals surface area (Å²) >= 11 is 0. The maximum atomic E-state index is 11.9. The first kappa shape index (κ1) is 14.6. The van der Waals surface area contributed by atoms with E-state index in [9.17, 15) is 13.2 Å². The summed E-state index contributed by atoms with van der Waals surface area (Å²) < 4.78 is 25.4. The van der Waals surface area contributed by atoms with Crippen molar-refractivity contribution in [3.8, 4) is 0 Å². The number of ketones is 1. The molecular weight excluding hydrogens is 238 g/mol. The van der Waals surface area contributed by atoms with Gasteiger partial charge in [-0.2, -0.15) is 0 Å². The minimum absolute atomic E-state index is 0.0811. The van der Waals surface area contributed by atoms with Gasteiger partial charge in [0.05, 0.1) is 5.75 Å². The topological polar surface area (TPSA) is 54.5 Å². The van der Waals surface area contributed by atoms with Crippen LogP contribution in [0.1, 0.15) is 46.0 Å². The van der Waals surface area contributed by atoms with Crippen LogP contribution in [0, 0.1) is 5.92 Å². The average Bonchev–Trinajstić information content (AvgIpc) is 2.35. The van der Waals surface area contributed by atoms with Gasteiger partial charge in [-0.15, -0.1) is 0 Å². The first-order chi connectivity index (χ1) is 8.01. The molecule has 0 aliphatic carbocycles. The first-order valence-corrected chi connectivity index (χ1v) is 8.12. The van der Waals surface area contributed by atoms with Crippen molar-refractivity contribution < 1.29 is 13.2 Å². The van der Waals surface area contributed by atoms with E-state index in [1.165, 1.54) is 0 Å². The predicted molar refractivity (Wildman–Crippen MR) is 68.3 cm³/mol. The van der Waals surface area contributed by atoms with E-state index in [0.29, 0.717) is 32.4 Å². The fourth-order valence-electron chi connectivity index (χ4n) is 2.20. The summed E-state index contributed by atoms with van der Waals surface area (Å²) in [6, 6.07) is 0. The average molecular weight is 261 g/mol. The van der Waals surface area contributed by atoms with E-state index < -0.39 is 10.0 Å². The number of nitrogens with zero attached hydrogens (tertiary/aromatic N) is 1. The lowest BCUT2D eigenvalue weighted by molar-refractivity contribution is -0.123. The molecule has 1 saturated heterocycles. The Labute approximate surface area is 104 Å². The van der Waals surface area contributed by atoms with Crippen molar-refractivity contribution in [2.75, 3.05) is 18.8 Å². The zero-order valence-electron chi connectivity index (χ0n) is 10.8. The Morgan fingerprint density at radius 1 is 1.24 bits per heavy atom. The molecule has 4 nitrogen and oxygen atoms in total. The lowest BCUT2D eigenvalue weighted by atomic mass is 9.92. The molecule has 0 amide bonds. The molecule has 1 aliphatic rings. The summed E-state index contributed by atoms with van der Waals surface area (Å²) in [6.45, 7) is 4.89. The van der Waals surface area contributed by atoms with E-state index in [-0.39, 0.29) is 17.5 Å². The zero-order valence-corrected chi connectivity index (χ0v) is 11.6. The highest BCUT2D eigenvalue weighted by Crippen LogP contribution is 2.21. The van der Waals surface area contributed by atoms with E-state index in [0.717, 1.165) is 12.8 Å². The van der Waals surface area contributed by atoms with Gasteiger partial charge in [0, 0.05) is 25.4 Å². The second-order valence-corrected chi connectivity index (χ2v) is 6.75. The van der Waals surface area contributed by atoms with E-state index in [4.69, 9.17) is 0 Å². The molecule has 100 valence electrons. The van der Waals surface area contributed by atoms with Crippen LogP contribution in [-0.2, 0) is 14.8 Å². The number of piperidine rings is 1. The van der Waals surface area contributed by atoms with Gasteiger partial charge in [0.25, 0.3) is 0 Å². The molecule has 5 heteroatoms. The number of unbranched alkanes of at least 4 members (excludes halogenated alkanes) is 1. The molecule has 0 atom stereocenters. The molecule has 1 rings (SSSR count). The van der Waals surface area contributed by atoms with Crippen LogP contribution in [0.5, 0.6) is 0 Å². The monoisotopic (exact) mass is 261 g/mol. The van der Waals surface area contributed by atoms with Crippen LogP contribution in [0.3, 0.4) is 0 Å². The number of hydrogen-bond donors (Lipinski definition) is 0. The van der Waals surface area contributed by atoms with Gasteiger partial charge < -0.3 is 0 Å². The Morgan fingerprint density at radius 2 is 1.82 bits per heavy atom. The van der Waals surface area contributed by atoms with Crippen LogP contribution in [0.25, 0.3) is 0 Å². The second-order valence-electron chi connectivity index (χ2n) is 4.66. The van der Waals surface area contributed by atoms with Crippen LogP contribution in [0.15, 0.2) is 0 Å². The standard InChI is InChI=1S/C12H23NO3S/c1-3-5-10-17(15,16)13-8-6-11(7-9-13)12(14)4-2/h11H,3-10H2,1-2H3. The highest BCUT2D eigenvalue weighted by atomic mass is 32.2. The molecule has 0 bridgehead atoms. The van der Waals surface area contributed by atoms with Crippen molar-refractivity contribution >= 4 is 15.8 Å². The van der Waals surface area contributed by atoms with Crippen LogP contribution in [0.2, 0.25) is 0 Å². The third-order valence-electron chi connectivity index (χ3n) is 3.41. The van der Waals surface area contributed by atoms with Crippen LogP contribution < -0.4 is 0 Å². The third kappa shape index (κ3) is 4.07. The number of Topliss-reactive ketones (excluding diaryl/α,β-unsaturated/α-hetero) is 1. The lowest BCUT2D eigenvalue weighted by Gasteiger charge is -2.30. The zero-order chi connectivity index (χ0) is 12.9. The molecule has 17 heavy (non-hydrogen) atoms. The predicted octanol–water partition coefficient (Wildman–Crippen LogP) is 1.81. The molecule has 1 fully saturated rings. The maximum Gasteiger partial charge on any atom is 0.214 e. The van der Waals surface area contributed by atoms with Crippen LogP contribution >= 0.6 is 0 Å². The second kappa shape index (κ2) is 6.50. The fourth-order valence-corrected chi connectivity index (χ4v) is 3.88. The molecule has 0 N–H and O–H groups in total. The quantitative estimate of drug-likeness (QED) is 0.732. The largest absolute Gasteiger partial charge is 0.299 e. The van der Waals surface area contributed by atoms with Crippen molar-refractivity contribution in [1.29, 1.82) is 0 Å². The van der Waals surface area contributed by atoms with Gasteiger partial charge in [0.1, 0.15) is 5.78 Å². The number of rotatable bonds is 6. The Balaban J connectivity index is 2.49. The minimum atomic E-state index is -3.08. The van der Waals surface area contributed by atoms with Crippen molar-refractivity contribution in [2.45, 2.75) is 46.0 Å². The van der Waals surface area contributed by atoms with Gasteiger partial charge in [-0.1, -0.05) is 20.3 Å². The van der Waals surface area contributed by atoms with E-state index >= 15 is 0 Å². The molecule has 0 radical (unpaired) electrons. The van der Waals surface area contributed by atoms with Gasteiger partial charge >= 0.3 is 0 Å². The fraction of sp³-hybridized carbons (Fsp3) is 0.917. The molecule has 0 aromatic heterocycles. The van der Waals surface area contributed by atoms with Gasteiger partial charge in [0.15, 0.2) is 0 Å². The highest BCUT2D eigenvalue weighted by molar-refractivity contribution is 7.89. The molecule has 0 saturated carbocycles. The molecule has 0 unspecified atom stereocenters. The van der Waals surface area contributed by atoms with E-state index in [2.05, 4.69) is 0 Å². The Hall–Kier alpha value is -0.420. The molecule has 1 heterocycles. The first-order valence-electron chi connectivity index (χ1n) is 6.51. The lowest BCUT2D eigenvalue weighted by Crippen LogP contribution is -2.41. The molecule has 0 spiro atoms. The summed E-state index contributed by atoms with van der Waals surface area (Å²) in [5.74, 6) is 0.601. The van der Waals surface area contributed by atoms with Gasteiger partial charge in [-0.05, 0) is 19.3 Å². The van der Waals surface area contributed by atoms with E-state index in [1.807, 2.05) is 13.8 Å². The highest BCUT2D eigenvalue weighted by Gasteiger charge is 2.29. The van der Waals surface area contributed by atoms with E-state index in [1.54, 1.807) is 4.31 Å². The van der Waals surface area contributed by atoms with Gasteiger partial charge in [-0.3, -0.25) is 4.79 Å². The summed E-state index contributed by atoms with van der Waals surface area (Å²) in [5.41, 5.74) is 0. The van der Waals surface area contributed by atoms with Crippen molar-refractivity contribution in [1.82, 2.24) is 4.31 Å². The Bertz CT molecular complexity index is 343. The Morgan fingerprint density at radius 3 is 2.29 bits per heavy atom. The normalized spacial score (nSPS) is 19.4. The SMILES string of the molecule is CCCCS(=O)(=O)N1CCC(C(=O)CC)CC1. The molecule has 1 aliphatic heterocycles. The van der Waals surface area contributed by atoms with Gasteiger partial charge in [-0.25, -0.2) is 12.7 Å². The van der Waals surface area contributed by atoms with Crippen LogP contribution in [0.4, 0.5) is 0 Å². The number of carbonyl (C=O) groups excluding carboxylic acids is 1.